The van der Waals surface area contributed by atoms with Gasteiger partial charge >= 0.3 is 0 Å². The van der Waals surface area contributed by atoms with Crippen LogP contribution in [-0.2, 0) is 0 Å². The third kappa shape index (κ3) is 3.52. The number of rotatable bonds is 4. The molecule has 1 amide bonds. The van der Waals surface area contributed by atoms with Crippen LogP contribution in [0, 0.1) is 20.8 Å². The van der Waals surface area contributed by atoms with Crippen LogP contribution >= 0.6 is 12.4 Å². The number of nitrogens with two attached hydrogens (primary N) is 1. The molecule has 3 rings (SSSR count). The summed E-state index contributed by atoms with van der Waals surface area (Å²) in [6, 6.07) is 3.49. The van der Waals surface area contributed by atoms with Crippen molar-refractivity contribution in [3.8, 4) is 11.3 Å². The lowest BCUT2D eigenvalue weighted by Crippen LogP contribution is -2.37. The highest BCUT2D eigenvalue weighted by Crippen LogP contribution is 2.30. The van der Waals surface area contributed by atoms with Crippen LogP contribution in [0.3, 0.4) is 0 Å². The zero-order chi connectivity index (χ0) is 17.4. The van der Waals surface area contributed by atoms with E-state index in [1.165, 1.54) is 0 Å². The maximum absolute atomic E-state index is 12.7. The van der Waals surface area contributed by atoms with Crippen molar-refractivity contribution in [3.63, 3.8) is 0 Å². The minimum Gasteiger partial charge on any atom is -0.466 e. The van der Waals surface area contributed by atoms with Crippen molar-refractivity contribution in [1.29, 1.82) is 0 Å². The number of carbonyl (C=O) groups is 1. The SMILES string of the molecule is Cc1cc(-c2cc(C(=O)N[C@@H](C)CN)c3c(C)noc3n2)c(C)o1.Cl. The number of hydrogen-bond acceptors (Lipinski definition) is 6. The van der Waals surface area contributed by atoms with Gasteiger partial charge < -0.3 is 20.0 Å². The summed E-state index contributed by atoms with van der Waals surface area (Å²) in [6.07, 6.45) is 0. The Morgan fingerprint density at radius 3 is 2.64 bits per heavy atom. The Balaban J connectivity index is 0.00000225. The first-order chi connectivity index (χ1) is 11.4. The Bertz CT molecular complexity index is 916. The second-order valence-corrected chi connectivity index (χ2v) is 5.94. The molecule has 0 aromatic carbocycles. The summed E-state index contributed by atoms with van der Waals surface area (Å²) >= 11 is 0. The summed E-state index contributed by atoms with van der Waals surface area (Å²) in [4.78, 5) is 17.2. The van der Waals surface area contributed by atoms with E-state index >= 15 is 0 Å². The first-order valence-electron chi connectivity index (χ1n) is 7.76. The highest BCUT2D eigenvalue weighted by Gasteiger charge is 2.21. The maximum Gasteiger partial charge on any atom is 0.259 e. The molecule has 1 atom stereocenters. The topological polar surface area (TPSA) is 107 Å². The van der Waals surface area contributed by atoms with Crippen LogP contribution < -0.4 is 11.1 Å². The number of aryl methyl sites for hydroxylation is 3. The Hall–Kier alpha value is -2.38. The molecule has 7 nitrogen and oxygen atoms in total. The molecule has 3 aromatic heterocycles. The van der Waals surface area contributed by atoms with E-state index in [1.807, 2.05) is 26.8 Å². The highest BCUT2D eigenvalue weighted by molar-refractivity contribution is 6.07. The number of furan rings is 1. The monoisotopic (exact) mass is 364 g/mol. The van der Waals surface area contributed by atoms with Crippen molar-refractivity contribution in [3.05, 3.63) is 34.9 Å². The molecule has 0 saturated heterocycles. The number of aromatic nitrogens is 2. The lowest BCUT2D eigenvalue weighted by Gasteiger charge is -2.12. The van der Waals surface area contributed by atoms with Crippen molar-refractivity contribution in [1.82, 2.24) is 15.5 Å². The smallest absolute Gasteiger partial charge is 0.259 e. The number of amides is 1. The molecule has 3 heterocycles. The summed E-state index contributed by atoms with van der Waals surface area (Å²) in [5.41, 5.74) is 8.44. The van der Waals surface area contributed by atoms with E-state index in [0.29, 0.717) is 34.6 Å². The molecule has 134 valence electrons. The summed E-state index contributed by atoms with van der Waals surface area (Å²) < 4.78 is 10.8. The number of nitrogens with zero attached hydrogens (tertiary/aromatic N) is 2. The molecular weight excluding hydrogens is 344 g/mol. The molecular formula is C17H21ClN4O3. The van der Waals surface area contributed by atoms with Gasteiger partial charge in [-0.3, -0.25) is 4.79 Å². The van der Waals surface area contributed by atoms with Crippen molar-refractivity contribution >= 4 is 29.4 Å². The molecule has 0 aliphatic rings. The summed E-state index contributed by atoms with van der Waals surface area (Å²) in [5, 5.41) is 7.41. The van der Waals surface area contributed by atoms with E-state index < -0.39 is 0 Å². The van der Waals surface area contributed by atoms with Crippen molar-refractivity contribution in [2.75, 3.05) is 6.54 Å². The van der Waals surface area contributed by atoms with E-state index in [9.17, 15) is 4.79 Å². The van der Waals surface area contributed by atoms with Crippen LogP contribution in [0.2, 0.25) is 0 Å². The number of halogens is 1. The Kier molecular flexibility index (Phi) is 5.49. The maximum atomic E-state index is 12.7. The lowest BCUT2D eigenvalue weighted by atomic mass is 10.0. The third-order valence-corrected chi connectivity index (χ3v) is 3.91. The van der Waals surface area contributed by atoms with Gasteiger partial charge in [0.25, 0.3) is 11.6 Å². The average molecular weight is 365 g/mol. The van der Waals surface area contributed by atoms with Crippen LogP contribution in [0.4, 0.5) is 0 Å². The molecule has 0 unspecified atom stereocenters. The van der Waals surface area contributed by atoms with Crippen molar-refractivity contribution in [2.24, 2.45) is 5.73 Å². The van der Waals surface area contributed by atoms with Gasteiger partial charge in [-0.15, -0.1) is 12.4 Å². The fraction of sp³-hybridized carbons (Fsp3) is 0.353. The minimum atomic E-state index is -0.231. The van der Waals surface area contributed by atoms with Crippen molar-refractivity contribution in [2.45, 2.75) is 33.7 Å². The largest absolute Gasteiger partial charge is 0.466 e. The number of pyridine rings is 1. The van der Waals surface area contributed by atoms with Crippen LogP contribution in [-0.4, -0.2) is 28.6 Å². The standard InChI is InChI=1S/C17H20N4O3.ClH/c1-8(7-18)19-16(22)13-6-14(12-5-9(2)23-11(12)4)20-17-15(13)10(3)21-24-17;/h5-6,8H,7,18H2,1-4H3,(H,19,22);1H/t8-;/m0./s1. The van der Waals surface area contributed by atoms with Crippen LogP contribution in [0.25, 0.3) is 22.4 Å². The summed E-state index contributed by atoms with van der Waals surface area (Å²) in [7, 11) is 0. The molecule has 25 heavy (non-hydrogen) atoms. The Morgan fingerprint density at radius 2 is 2.04 bits per heavy atom. The van der Waals surface area contributed by atoms with Gasteiger partial charge in [0.05, 0.1) is 22.3 Å². The van der Waals surface area contributed by atoms with Gasteiger partial charge in [-0.25, -0.2) is 4.98 Å². The molecule has 0 spiro atoms. The molecule has 0 aliphatic carbocycles. The quantitative estimate of drug-likeness (QED) is 0.737. The predicted octanol–water partition coefficient (Wildman–Crippen LogP) is 2.91. The molecule has 0 fully saturated rings. The van der Waals surface area contributed by atoms with Gasteiger partial charge in [0.1, 0.15) is 11.5 Å². The second kappa shape index (κ2) is 7.25. The van der Waals surface area contributed by atoms with Gasteiger partial charge in [-0.1, -0.05) is 5.16 Å². The van der Waals surface area contributed by atoms with E-state index in [0.717, 1.165) is 17.1 Å². The molecule has 0 radical (unpaired) electrons. The first kappa shape index (κ1) is 19.0. The lowest BCUT2D eigenvalue weighted by molar-refractivity contribution is 0.0943. The van der Waals surface area contributed by atoms with Gasteiger partial charge in [0.15, 0.2) is 0 Å². The number of nitrogens with one attached hydrogen (secondary N) is 1. The number of hydrogen-bond donors (Lipinski definition) is 2. The second-order valence-electron chi connectivity index (χ2n) is 5.94. The zero-order valence-corrected chi connectivity index (χ0v) is 15.4. The Morgan fingerprint density at radius 1 is 1.32 bits per heavy atom. The highest BCUT2D eigenvalue weighted by atomic mass is 35.5. The number of fused-ring (bicyclic) bond motifs is 1. The zero-order valence-electron chi connectivity index (χ0n) is 14.5. The van der Waals surface area contributed by atoms with E-state index in [-0.39, 0.29) is 24.4 Å². The van der Waals surface area contributed by atoms with E-state index in [2.05, 4.69) is 15.5 Å². The Labute approximate surface area is 151 Å². The van der Waals surface area contributed by atoms with Gasteiger partial charge in [-0.2, -0.15) is 0 Å². The van der Waals surface area contributed by atoms with Crippen LogP contribution in [0.15, 0.2) is 21.1 Å². The fourth-order valence-electron chi connectivity index (χ4n) is 2.66. The number of carbonyl (C=O) groups excluding carboxylic acids is 1. The van der Waals surface area contributed by atoms with E-state index in [4.69, 9.17) is 14.7 Å². The normalized spacial score (nSPS) is 12.0. The molecule has 0 bridgehead atoms. The fourth-order valence-corrected chi connectivity index (χ4v) is 2.66. The molecule has 3 aromatic rings. The molecule has 3 N–H and O–H groups in total. The summed E-state index contributed by atoms with van der Waals surface area (Å²) in [6.45, 7) is 7.71. The van der Waals surface area contributed by atoms with Gasteiger partial charge in [0, 0.05) is 18.2 Å². The van der Waals surface area contributed by atoms with Crippen LogP contribution in [0.1, 0.15) is 34.5 Å². The minimum absolute atomic E-state index is 0. The van der Waals surface area contributed by atoms with Gasteiger partial charge in [0.2, 0.25) is 0 Å². The van der Waals surface area contributed by atoms with Crippen LogP contribution in [0.5, 0.6) is 0 Å². The van der Waals surface area contributed by atoms with Crippen molar-refractivity contribution < 1.29 is 13.7 Å². The summed E-state index contributed by atoms with van der Waals surface area (Å²) in [5.74, 6) is 1.28. The van der Waals surface area contributed by atoms with Gasteiger partial charge in [-0.05, 0) is 39.8 Å². The first-order valence-corrected chi connectivity index (χ1v) is 7.76. The average Bonchev–Trinajstić information content (AvgIpc) is 3.08. The van der Waals surface area contributed by atoms with E-state index in [1.54, 1.807) is 13.0 Å². The molecule has 8 heteroatoms. The molecule has 0 aliphatic heterocycles. The molecule has 0 saturated carbocycles. The third-order valence-electron chi connectivity index (χ3n) is 3.91. The predicted molar refractivity (Wildman–Crippen MR) is 96.9 cm³/mol.